The Bertz CT molecular complexity index is 457. The lowest BCUT2D eigenvalue weighted by Crippen LogP contribution is -2.43. The van der Waals surface area contributed by atoms with Crippen molar-refractivity contribution in [2.75, 3.05) is 6.54 Å². The lowest BCUT2D eigenvalue weighted by atomic mass is 10.0. The number of hydrogen-bond donors (Lipinski definition) is 3. The molecule has 2 unspecified atom stereocenters. The number of nitrogens with zero attached hydrogens (tertiary/aromatic N) is 1. The molecule has 0 spiro atoms. The van der Waals surface area contributed by atoms with Gasteiger partial charge < -0.3 is 16.3 Å². The van der Waals surface area contributed by atoms with Gasteiger partial charge in [0.15, 0.2) is 5.84 Å². The van der Waals surface area contributed by atoms with Crippen LogP contribution >= 0.6 is 0 Å². The molecule has 0 saturated heterocycles. The summed E-state index contributed by atoms with van der Waals surface area (Å²) in [4.78, 5) is 0. The molecule has 2 atom stereocenters. The molecule has 4 N–H and O–H groups in total. The van der Waals surface area contributed by atoms with E-state index in [0.717, 1.165) is 11.1 Å². The van der Waals surface area contributed by atoms with Crippen molar-refractivity contribution in [1.82, 2.24) is 5.32 Å². The Morgan fingerprint density at radius 3 is 2.35 bits per heavy atom. The summed E-state index contributed by atoms with van der Waals surface area (Å²) in [5, 5.41) is 13.6. The minimum Gasteiger partial charge on any atom is -0.409 e. The second kappa shape index (κ2) is 6.60. The molecule has 0 radical (unpaired) electrons. The Labute approximate surface area is 115 Å². The third-order valence-corrected chi connectivity index (χ3v) is 3.07. The molecule has 1 rings (SSSR count). The first-order valence-corrected chi connectivity index (χ1v) is 6.09. The number of amidine groups is 1. The van der Waals surface area contributed by atoms with Gasteiger partial charge in [0, 0.05) is 12.6 Å². The van der Waals surface area contributed by atoms with Crippen molar-refractivity contribution >= 4 is 5.84 Å². The van der Waals surface area contributed by atoms with Gasteiger partial charge in [-0.15, -0.1) is 0 Å². The third kappa shape index (κ3) is 4.41. The summed E-state index contributed by atoms with van der Waals surface area (Å²) in [5.41, 5.74) is 7.03. The zero-order valence-corrected chi connectivity index (χ0v) is 11.3. The highest BCUT2D eigenvalue weighted by molar-refractivity contribution is 5.83. The van der Waals surface area contributed by atoms with Crippen LogP contribution in [0.2, 0.25) is 0 Å². The molecule has 0 heterocycles. The number of aryl methyl sites for hydroxylation is 1. The molecular weight excluding hydrogens is 271 g/mol. The minimum atomic E-state index is -4.56. The van der Waals surface area contributed by atoms with Gasteiger partial charge >= 0.3 is 6.18 Å². The summed E-state index contributed by atoms with van der Waals surface area (Å²) >= 11 is 0. The first kappa shape index (κ1) is 16.3. The predicted octanol–water partition coefficient (Wildman–Crippen LogP) is 2.57. The lowest BCUT2D eigenvalue weighted by molar-refractivity contribution is -0.155. The topological polar surface area (TPSA) is 70.6 Å². The van der Waals surface area contributed by atoms with Crippen molar-refractivity contribution in [2.24, 2.45) is 16.8 Å². The van der Waals surface area contributed by atoms with Gasteiger partial charge in [0.25, 0.3) is 0 Å². The van der Waals surface area contributed by atoms with E-state index in [1.807, 2.05) is 31.2 Å². The van der Waals surface area contributed by atoms with E-state index in [4.69, 9.17) is 10.9 Å². The molecule has 0 aliphatic rings. The number of nitrogens with two attached hydrogens (primary N) is 1. The molecule has 1 aromatic rings. The van der Waals surface area contributed by atoms with Crippen molar-refractivity contribution in [3.8, 4) is 0 Å². The largest absolute Gasteiger partial charge is 0.409 e. The van der Waals surface area contributed by atoms with E-state index >= 15 is 0 Å². The van der Waals surface area contributed by atoms with Crippen LogP contribution in [0, 0.1) is 12.8 Å². The van der Waals surface area contributed by atoms with Gasteiger partial charge in [-0.25, -0.2) is 0 Å². The van der Waals surface area contributed by atoms with Crippen LogP contribution in [0.3, 0.4) is 0 Å². The number of nitrogens with one attached hydrogen (secondary N) is 1. The van der Waals surface area contributed by atoms with Crippen molar-refractivity contribution in [1.29, 1.82) is 0 Å². The highest BCUT2D eigenvalue weighted by Crippen LogP contribution is 2.26. The average molecular weight is 289 g/mol. The quantitative estimate of drug-likeness (QED) is 0.338. The molecule has 0 saturated carbocycles. The van der Waals surface area contributed by atoms with Crippen LogP contribution < -0.4 is 11.1 Å². The summed E-state index contributed by atoms with van der Waals surface area (Å²) < 4.78 is 38.3. The number of oxime groups is 1. The van der Waals surface area contributed by atoms with E-state index in [9.17, 15) is 13.2 Å². The van der Waals surface area contributed by atoms with E-state index in [1.165, 1.54) is 0 Å². The van der Waals surface area contributed by atoms with Crippen LogP contribution in [0.25, 0.3) is 0 Å². The summed E-state index contributed by atoms with van der Waals surface area (Å²) in [7, 11) is 0. The molecule has 20 heavy (non-hydrogen) atoms. The zero-order chi connectivity index (χ0) is 15.3. The summed E-state index contributed by atoms with van der Waals surface area (Å²) in [6.45, 7) is 3.23. The maximum Gasteiger partial charge on any atom is 0.400 e. The van der Waals surface area contributed by atoms with Gasteiger partial charge in [-0.1, -0.05) is 35.0 Å². The number of rotatable bonds is 5. The van der Waals surface area contributed by atoms with Gasteiger partial charge in [-0.3, -0.25) is 0 Å². The molecule has 1 aromatic carbocycles. The van der Waals surface area contributed by atoms with Crippen LogP contribution in [-0.4, -0.2) is 23.8 Å². The highest BCUT2D eigenvalue weighted by atomic mass is 19.4. The number of alkyl halides is 3. The maximum atomic E-state index is 12.8. The molecule has 0 fully saturated rings. The van der Waals surface area contributed by atoms with E-state index in [1.54, 1.807) is 6.92 Å². The molecular formula is C13H18F3N3O. The first-order chi connectivity index (χ1) is 9.25. The van der Waals surface area contributed by atoms with Gasteiger partial charge in [0.1, 0.15) is 5.92 Å². The summed E-state index contributed by atoms with van der Waals surface area (Å²) in [6, 6.07) is 7.20. The molecule has 7 heteroatoms. The Hall–Kier alpha value is -1.76. The van der Waals surface area contributed by atoms with Gasteiger partial charge in [0.05, 0.1) is 0 Å². The van der Waals surface area contributed by atoms with Gasteiger partial charge in [-0.2, -0.15) is 13.2 Å². The zero-order valence-electron chi connectivity index (χ0n) is 11.3. The molecule has 0 aromatic heterocycles. The van der Waals surface area contributed by atoms with Crippen molar-refractivity contribution < 1.29 is 18.4 Å². The van der Waals surface area contributed by atoms with Crippen LogP contribution in [0.15, 0.2) is 29.4 Å². The second-order valence-electron chi connectivity index (χ2n) is 4.66. The Morgan fingerprint density at radius 2 is 1.90 bits per heavy atom. The van der Waals surface area contributed by atoms with Gasteiger partial charge in [0.2, 0.25) is 0 Å². The van der Waals surface area contributed by atoms with E-state index in [-0.39, 0.29) is 6.04 Å². The van der Waals surface area contributed by atoms with Crippen LogP contribution in [-0.2, 0) is 0 Å². The lowest BCUT2D eigenvalue weighted by Gasteiger charge is -2.22. The van der Waals surface area contributed by atoms with E-state index < -0.39 is 24.5 Å². The smallest absolute Gasteiger partial charge is 0.400 e. The number of hydrogen-bond acceptors (Lipinski definition) is 3. The SMILES string of the molecule is Cc1ccc(C(C)NCC(/C(N)=N/O)C(F)(F)F)cc1. The van der Waals surface area contributed by atoms with Gasteiger partial charge in [-0.05, 0) is 19.4 Å². The molecule has 0 aliphatic heterocycles. The minimum absolute atomic E-state index is 0.271. The maximum absolute atomic E-state index is 12.8. The van der Waals surface area contributed by atoms with E-state index in [2.05, 4.69) is 10.5 Å². The molecule has 112 valence electrons. The monoisotopic (exact) mass is 289 g/mol. The summed E-state index contributed by atoms with van der Waals surface area (Å²) in [6.07, 6.45) is -4.56. The molecule has 4 nitrogen and oxygen atoms in total. The standard InChI is InChI=1S/C13H18F3N3O/c1-8-3-5-10(6-4-8)9(2)18-7-11(12(17)19-20)13(14,15)16/h3-6,9,11,18,20H,7H2,1-2H3,(H2,17,19). The Balaban J connectivity index is 2.70. The third-order valence-electron chi connectivity index (χ3n) is 3.07. The fraction of sp³-hybridized carbons (Fsp3) is 0.462. The molecule has 0 aliphatic carbocycles. The molecule has 0 bridgehead atoms. The fourth-order valence-electron chi connectivity index (χ4n) is 1.73. The summed E-state index contributed by atoms with van der Waals surface area (Å²) in [5.74, 6) is -2.86. The number of halogens is 3. The normalized spacial score (nSPS) is 15.9. The molecule has 0 amide bonds. The van der Waals surface area contributed by atoms with Crippen molar-refractivity contribution in [3.63, 3.8) is 0 Å². The highest BCUT2D eigenvalue weighted by Gasteiger charge is 2.42. The average Bonchev–Trinajstić information content (AvgIpc) is 2.37. The van der Waals surface area contributed by atoms with Crippen LogP contribution in [0.1, 0.15) is 24.1 Å². The Morgan fingerprint density at radius 1 is 1.35 bits per heavy atom. The second-order valence-corrected chi connectivity index (χ2v) is 4.66. The van der Waals surface area contributed by atoms with E-state index in [0.29, 0.717) is 0 Å². The van der Waals surface area contributed by atoms with Crippen molar-refractivity contribution in [3.05, 3.63) is 35.4 Å². The fourth-order valence-corrected chi connectivity index (χ4v) is 1.73. The van der Waals surface area contributed by atoms with Crippen molar-refractivity contribution in [2.45, 2.75) is 26.1 Å². The first-order valence-electron chi connectivity index (χ1n) is 6.09. The van der Waals surface area contributed by atoms with Crippen LogP contribution in [0.5, 0.6) is 0 Å². The predicted molar refractivity (Wildman–Crippen MR) is 70.6 cm³/mol. The van der Waals surface area contributed by atoms with Crippen LogP contribution in [0.4, 0.5) is 13.2 Å². The number of benzene rings is 1. The Kier molecular flexibility index (Phi) is 5.38.